The molecule has 3 rings (SSSR count). The molecule has 0 radical (unpaired) electrons. The van der Waals surface area contributed by atoms with E-state index >= 15 is 0 Å². The maximum atomic E-state index is 13.4. The fourth-order valence-corrected chi connectivity index (χ4v) is 4.76. The average molecular weight is 506 g/mol. The summed E-state index contributed by atoms with van der Waals surface area (Å²) < 4.78 is 17.0. The molecule has 2 atom stereocenters. The summed E-state index contributed by atoms with van der Waals surface area (Å²) in [5.74, 6) is 0.0931. The minimum atomic E-state index is -0.367. The molecule has 1 saturated heterocycles. The maximum Gasteiger partial charge on any atom is 0.336 e. The van der Waals surface area contributed by atoms with E-state index in [1.807, 2.05) is 38.1 Å². The van der Waals surface area contributed by atoms with Gasteiger partial charge in [0.25, 0.3) is 0 Å². The van der Waals surface area contributed by atoms with Crippen molar-refractivity contribution in [3.05, 3.63) is 75.5 Å². The second kappa shape index (κ2) is 12.5. The van der Waals surface area contributed by atoms with Crippen molar-refractivity contribution in [3.8, 4) is 5.75 Å². The Labute approximate surface area is 212 Å². The molecule has 34 heavy (non-hydrogen) atoms. The summed E-state index contributed by atoms with van der Waals surface area (Å²) in [6, 6.07) is 7.51. The van der Waals surface area contributed by atoms with E-state index in [4.69, 9.17) is 37.4 Å². The predicted molar refractivity (Wildman–Crippen MR) is 137 cm³/mol. The number of halogens is 2. The summed E-state index contributed by atoms with van der Waals surface area (Å²) >= 11 is 12.5. The highest BCUT2D eigenvalue weighted by Crippen LogP contribution is 2.36. The van der Waals surface area contributed by atoms with Crippen LogP contribution in [0.1, 0.15) is 38.7 Å². The molecule has 184 valence electrons. The Morgan fingerprint density at radius 2 is 2.03 bits per heavy atom. The van der Waals surface area contributed by atoms with E-state index in [0.29, 0.717) is 21.4 Å². The van der Waals surface area contributed by atoms with Gasteiger partial charge in [-0.3, -0.25) is 0 Å². The molecular formula is C27H33Cl2NO4. The molecule has 0 amide bonds. The largest absolute Gasteiger partial charge is 0.496 e. The minimum absolute atomic E-state index is 0.117. The molecule has 5 nitrogen and oxygen atoms in total. The molecule has 0 aliphatic carbocycles. The summed E-state index contributed by atoms with van der Waals surface area (Å²) in [7, 11) is 1.60. The Hall–Kier alpha value is -2.21. The van der Waals surface area contributed by atoms with E-state index in [9.17, 15) is 4.79 Å². The quantitative estimate of drug-likeness (QED) is 0.289. The topological polar surface area (TPSA) is 48.0 Å². The van der Waals surface area contributed by atoms with E-state index in [2.05, 4.69) is 11.5 Å². The summed E-state index contributed by atoms with van der Waals surface area (Å²) in [6.45, 7) is 10.5. The van der Waals surface area contributed by atoms with Crippen LogP contribution in [0.5, 0.6) is 5.75 Å². The van der Waals surface area contributed by atoms with Crippen LogP contribution in [0.4, 0.5) is 0 Å². The number of para-hydroxylation sites is 1. The first kappa shape index (κ1) is 26.4. The summed E-state index contributed by atoms with van der Waals surface area (Å²) in [5, 5.41) is 0.843. The highest BCUT2D eigenvalue weighted by atomic mass is 35.5. The average Bonchev–Trinajstić information content (AvgIpc) is 3.36. The van der Waals surface area contributed by atoms with Crippen LogP contribution in [0, 0.1) is 5.92 Å². The lowest BCUT2D eigenvalue weighted by molar-refractivity contribution is -0.141. The molecule has 0 unspecified atom stereocenters. The molecule has 0 saturated carbocycles. The number of esters is 1. The van der Waals surface area contributed by atoms with Crippen LogP contribution in [-0.2, 0) is 20.9 Å². The monoisotopic (exact) mass is 505 g/mol. The van der Waals surface area contributed by atoms with Crippen LogP contribution in [0.2, 0.25) is 0 Å². The van der Waals surface area contributed by atoms with E-state index in [1.165, 1.54) is 0 Å². The number of methoxy groups -OCH3 is 1. The van der Waals surface area contributed by atoms with Crippen LogP contribution >= 0.6 is 23.2 Å². The van der Waals surface area contributed by atoms with Gasteiger partial charge in [-0.1, -0.05) is 54.1 Å². The number of rotatable bonds is 9. The van der Waals surface area contributed by atoms with Crippen LogP contribution in [-0.4, -0.2) is 43.8 Å². The number of carbonyl (C=O) groups is 1. The van der Waals surface area contributed by atoms with Gasteiger partial charge in [-0.2, -0.15) is 0 Å². The molecular weight excluding hydrogens is 473 g/mol. The molecule has 2 aliphatic rings. The number of ether oxygens (including phenoxy) is 3. The van der Waals surface area contributed by atoms with E-state index in [1.54, 1.807) is 19.3 Å². The van der Waals surface area contributed by atoms with Gasteiger partial charge in [0.15, 0.2) is 0 Å². The van der Waals surface area contributed by atoms with Crippen LogP contribution in [0.25, 0.3) is 0 Å². The SMILES string of the molecule is C=C(/C=C(Cl)\C(Cl)=C/C)[C@@H]1CCN(C[C@H]2CCCO2)C(C)=C1C(=O)OCc1ccccc1OC. The van der Waals surface area contributed by atoms with Crippen molar-refractivity contribution in [2.75, 3.05) is 26.8 Å². The Morgan fingerprint density at radius 3 is 2.71 bits per heavy atom. The fraction of sp³-hybridized carbons (Fsp3) is 0.444. The zero-order valence-corrected chi connectivity index (χ0v) is 21.6. The zero-order valence-electron chi connectivity index (χ0n) is 20.1. The third kappa shape index (κ3) is 6.47. The van der Waals surface area contributed by atoms with Crippen molar-refractivity contribution in [3.63, 3.8) is 0 Å². The number of carbonyl (C=O) groups excluding carboxylic acids is 1. The second-order valence-electron chi connectivity index (χ2n) is 8.51. The Kier molecular flexibility index (Phi) is 9.69. The summed E-state index contributed by atoms with van der Waals surface area (Å²) in [6.07, 6.45) is 6.48. The van der Waals surface area contributed by atoms with Gasteiger partial charge < -0.3 is 19.1 Å². The maximum absolute atomic E-state index is 13.4. The van der Waals surface area contributed by atoms with Crippen LogP contribution in [0.15, 0.2) is 69.9 Å². The number of hydrogen-bond acceptors (Lipinski definition) is 5. The van der Waals surface area contributed by atoms with Crippen molar-refractivity contribution in [2.24, 2.45) is 5.92 Å². The highest BCUT2D eigenvalue weighted by molar-refractivity contribution is 6.44. The third-order valence-corrected chi connectivity index (χ3v) is 7.19. The van der Waals surface area contributed by atoms with Gasteiger partial charge in [0.05, 0.1) is 28.9 Å². The Morgan fingerprint density at radius 1 is 1.26 bits per heavy atom. The minimum Gasteiger partial charge on any atom is -0.496 e. The van der Waals surface area contributed by atoms with Crippen LogP contribution in [0.3, 0.4) is 0 Å². The highest BCUT2D eigenvalue weighted by Gasteiger charge is 2.34. The summed E-state index contributed by atoms with van der Waals surface area (Å²) in [5.41, 5.74) is 3.02. The first-order valence-corrected chi connectivity index (χ1v) is 12.4. The molecule has 2 heterocycles. The number of allylic oxidation sites excluding steroid dienone is 6. The van der Waals surface area contributed by atoms with Crippen molar-refractivity contribution in [1.82, 2.24) is 4.90 Å². The third-order valence-electron chi connectivity index (χ3n) is 6.36. The lowest BCUT2D eigenvalue weighted by atomic mass is 9.84. The first-order valence-electron chi connectivity index (χ1n) is 11.6. The normalized spacial score (nSPS) is 21.6. The fourth-order valence-electron chi connectivity index (χ4n) is 4.46. The van der Waals surface area contributed by atoms with E-state index in [0.717, 1.165) is 55.8 Å². The number of benzene rings is 1. The van der Waals surface area contributed by atoms with E-state index in [-0.39, 0.29) is 24.6 Å². The zero-order chi connectivity index (χ0) is 24.7. The molecule has 7 heteroatoms. The van der Waals surface area contributed by atoms with Crippen molar-refractivity contribution in [1.29, 1.82) is 0 Å². The molecule has 1 aromatic carbocycles. The Balaban J connectivity index is 1.87. The van der Waals surface area contributed by atoms with Gasteiger partial charge in [0, 0.05) is 36.9 Å². The number of hydrogen-bond donors (Lipinski definition) is 0. The molecule has 2 aliphatic heterocycles. The van der Waals surface area contributed by atoms with Crippen molar-refractivity contribution < 1.29 is 19.0 Å². The predicted octanol–water partition coefficient (Wildman–Crippen LogP) is 6.33. The second-order valence-corrected chi connectivity index (χ2v) is 9.33. The lowest BCUT2D eigenvalue weighted by Gasteiger charge is -2.37. The van der Waals surface area contributed by atoms with Gasteiger partial charge in [-0.05, 0) is 50.8 Å². The van der Waals surface area contributed by atoms with Crippen LogP contribution < -0.4 is 4.74 Å². The van der Waals surface area contributed by atoms with Gasteiger partial charge in [-0.25, -0.2) is 4.79 Å². The van der Waals surface area contributed by atoms with E-state index < -0.39 is 0 Å². The molecule has 0 aromatic heterocycles. The van der Waals surface area contributed by atoms with Gasteiger partial charge in [-0.15, -0.1) is 0 Å². The molecule has 0 bridgehead atoms. The lowest BCUT2D eigenvalue weighted by Crippen LogP contribution is -2.39. The Bertz CT molecular complexity index is 992. The standard InChI is InChI=1S/C27H33Cl2NO4/c1-5-23(28)24(29)15-18(2)22-12-13-30(16-21-10-8-14-33-21)19(3)26(22)27(31)34-17-20-9-6-7-11-25(20)32-4/h5-7,9,11,15,21-22H,2,8,10,12-14,16-17H2,1,3-4H3/b23-5+,24-15+/t21-,22+/m1/s1. The number of nitrogens with zero attached hydrogens (tertiary/aromatic N) is 1. The first-order chi connectivity index (χ1) is 16.3. The molecule has 0 N–H and O–H groups in total. The molecule has 0 spiro atoms. The van der Waals surface area contributed by atoms with Gasteiger partial charge in [0.2, 0.25) is 0 Å². The van der Waals surface area contributed by atoms with Crippen molar-refractivity contribution in [2.45, 2.75) is 45.8 Å². The van der Waals surface area contributed by atoms with Gasteiger partial charge in [0.1, 0.15) is 12.4 Å². The summed E-state index contributed by atoms with van der Waals surface area (Å²) in [4.78, 5) is 15.7. The smallest absolute Gasteiger partial charge is 0.336 e. The van der Waals surface area contributed by atoms with Crippen molar-refractivity contribution >= 4 is 29.2 Å². The van der Waals surface area contributed by atoms with Gasteiger partial charge >= 0.3 is 5.97 Å². The molecule has 1 fully saturated rings. The molecule has 1 aromatic rings.